The van der Waals surface area contributed by atoms with E-state index in [-0.39, 0.29) is 22.7 Å². The van der Waals surface area contributed by atoms with Crippen molar-refractivity contribution in [3.63, 3.8) is 0 Å². The molecule has 1 rings (SSSR count). The molecule has 14 heavy (non-hydrogen) atoms. The number of hydrogen-bond acceptors (Lipinski definition) is 3. The quantitative estimate of drug-likeness (QED) is 0.674. The molecule has 0 saturated carbocycles. The van der Waals surface area contributed by atoms with Crippen LogP contribution in [-0.2, 0) is 0 Å². The minimum Gasteiger partial charge on any atom is -0.494 e. The lowest BCUT2D eigenvalue weighted by Crippen LogP contribution is -2.00. The monoisotopic (exact) mass is 193 g/mol. The average Bonchev–Trinajstić information content (AvgIpc) is 2.17. The lowest BCUT2D eigenvalue weighted by Gasteiger charge is -2.04. The van der Waals surface area contributed by atoms with Crippen molar-refractivity contribution in [3.05, 3.63) is 29.1 Å². The Kier molecular flexibility index (Phi) is 2.82. The summed E-state index contributed by atoms with van der Waals surface area (Å²) in [5.41, 5.74) is 0.196. The molecule has 0 amide bonds. The number of nitrogens with zero attached hydrogens (tertiary/aromatic N) is 1. The van der Waals surface area contributed by atoms with Gasteiger partial charge in [0, 0.05) is 11.6 Å². The molecule has 0 aliphatic carbocycles. The molecule has 0 spiro atoms. The highest BCUT2D eigenvalue weighted by Gasteiger charge is 2.12. The Morgan fingerprint density at radius 2 is 2.21 bits per heavy atom. The van der Waals surface area contributed by atoms with Crippen LogP contribution < -0.4 is 4.74 Å². The first-order valence-corrected chi connectivity index (χ1v) is 3.88. The van der Waals surface area contributed by atoms with Gasteiger partial charge in [-0.2, -0.15) is 5.26 Å². The van der Waals surface area contributed by atoms with Gasteiger partial charge < -0.3 is 4.74 Å². The number of ether oxygens (including phenoxy) is 1. The second kappa shape index (κ2) is 3.88. The first kappa shape index (κ1) is 10.2. The van der Waals surface area contributed by atoms with E-state index in [1.54, 1.807) is 0 Å². The predicted octanol–water partition coefficient (Wildman–Crippen LogP) is 1.91. The molecular weight excluding hydrogens is 185 g/mol. The minimum atomic E-state index is -0.642. The maximum atomic E-state index is 13.1. The van der Waals surface area contributed by atoms with Crippen LogP contribution in [0.1, 0.15) is 22.8 Å². The predicted molar refractivity (Wildman–Crippen MR) is 47.7 cm³/mol. The maximum Gasteiger partial charge on any atom is 0.165 e. The zero-order valence-electron chi connectivity index (χ0n) is 7.80. The summed E-state index contributed by atoms with van der Waals surface area (Å²) in [5.74, 6) is -1.02. The molecule has 0 heterocycles. The minimum absolute atomic E-state index is 0.0356. The van der Waals surface area contributed by atoms with E-state index in [2.05, 4.69) is 4.74 Å². The highest BCUT2D eigenvalue weighted by Crippen LogP contribution is 2.21. The van der Waals surface area contributed by atoms with E-state index in [4.69, 9.17) is 5.26 Å². The fourth-order valence-corrected chi connectivity index (χ4v) is 1.09. The van der Waals surface area contributed by atoms with E-state index < -0.39 is 5.82 Å². The standard InChI is InChI=1S/C10H8FNO2/c1-6(13)8-4-9(11)10(14-2)3-7(8)5-12/h3-4H,1-2H3. The molecule has 0 unspecified atom stereocenters. The van der Waals surface area contributed by atoms with Gasteiger partial charge in [-0.25, -0.2) is 4.39 Å². The number of methoxy groups -OCH3 is 1. The molecule has 1 aromatic rings. The Morgan fingerprint density at radius 3 is 2.64 bits per heavy atom. The van der Waals surface area contributed by atoms with Crippen LogP contribution in [0.5, 0.6) is 5.75 Å². The van der Waals surface area contributed by atoms with Gasteiger partial charge >= 0.3 is 0 Å². The molecular formula is C10H8FNO2. The summed E-state index contributed by atoms with van der Waals surface area (Å²) >= 11 is 0. The largest absolute Gasteiger partial charge is 0.494 e. The van der Waals surface area contributed by atoms with Crippen molar-refractivity contribution in [1.29, 1.82) is 5.26 Å². The number of hydrogen-bond donors (Lipinski definition) is 0. The van der Waals surface area contributed by atoms with Gasteiger partial charge in [-0.15, -0.1) is 0 Å². The van der Waals surface area contributed by atoms with Crippen molar-refractivity contribution in [2.45, 2.75) is 6.92 Å². The zero-order chi connectivity index (χ0) is 10.7. The Balaban J connectivity index is 3.41. The van der Waals surface area contributed by atoms with Crippen LogP contribution in [0.15, 0.2) is 12.1 Å². The molecule has 0 bridgehead atoms. The summed E-state index contributed by atoms with van der Waals surface area (Å²) in [5, 5.41) is 8.70. The van der Waals surface area contributed by atoms with Crippen LogP contribution in [0.3, 0.4) is 0 Å². The lowest BCUT2D eigenvalue weighted by atomic mass is 10.0. The summed E-state index contributed by atoms with van der Waals surface area (Å²) in [4.78, 5) is 11.0. The molecule has 0 radical (unpaired) electrons. The van der Waals surface area contributed by atoms with E-state index in [0.717, 1.165) is 6.07 Å². The molecule has 0 aliphatic heterocycles. The van der Waals surface area contributed by atoms with E-state index in [0.29, 0.717) is 0 Å². The SMILES string of the molecule is COc1cc(C#N)c(C(C)=O)cc1F. The summed E-state index contributed by atoms with van der Waals surface area (Å²) < 4.78 is 17.8. The van der Waals surface area contributed by atoms with Crippen LogP contribution >= 0.6 is 0 Å². The van der Waals surface area contributed by atoms with E-state index in [9.17, 15) is 9.18 Å². The van der Waals surface area contributed by atoms with Gasteiger partial charge in [0.25, 0.3) is 0 Å². The maximum absolute atomic E-state index is 13.1. The number of ketones is 1. The highest BCUT2D eigenvalue weighted by molar-refractivity contribution is 5.96. The van der Waals surface area contributed by atoms with E-state index >= 15 is 0 Å². The van der Waals surface area contributed by atoms with Crippen molar-refractivity contribution in [3.8, 4) is 11.8 Å². The second-order valence-corrected chi connectivity index (χ2v) is 2.70. The van der Waals surface area contributed by atoms with Crippen LogP contribution in [0, 0.1) is 17.1 Å². The lowest BCUT2D eigenvalue weighted by molar-refractivity contribution is 0.101. The molecule has 0 N–H and O–H groups in total. The number of carbonyl (C=O) groups is 1. The van der Waals surface area contributed by atoms with E-state index in [1.165, 1.54) is 20.1 Å². The van der Waals surface area contributed by atoms with Gasteiger partial charge in [0.15, 0.2) is 17.3 Å². The molecule has 72 valence electrons. The van der Waals surface area contributed by atoms with Crippen LogP contribution in [0.2, 0.25) is 0 Å². The van der Waals surface area contributed by atoms with Crippen LogP contribution in [-0.4, -0.2) is 12.9 Å². The number of carbonyl (C=O) groups excluding carboxylic acids is 1. The van der Waals surface area contributed by atoms with Gasteiger partial charge in [-0.1, -0.05) is 0 Å². The topological polar surface area (TPSA) is 50.1 Å². The molecule has 3 nitrogen and oxygen atoms in total. The molecule has 4 heteroatoms. The molecule has 1 aromatic carbocycles. The number of benzene rings is 1. The number of rotatable bonds is 2. The van der Waals surface area contributed by atoms with Crippen molar-refractivity contribution in [1.82, 2.24) is 0 Å². The van der Waals surface area contributed by atoms with Gasteiger partial charge in [-0.3, -0.25) is 4.79 Å². The number of halogens is 1. The van der Waals surface area contributed by atoms with Crippen LogP contribution in [0.25, 0.3) is 0 Å². The Hall–Kier alpha value is -1.89. The van der Waals surface area contributed by atoms with Crippen molar-refractivity contribution in [2.24, 2.45) is 0 Å². The zero-order valence-corrected chi connectivity index (χ0v) is 7.80. The highest BCUT2D eigenvalue weighted by atomic mass is 19.1. The van der Waals surface area contributed by atoms with Gasteiger partial charge in [0.1, 0.15) is 6.07 Å². The molecule has 0 saturated heterocycles. The fourth-order valence-electron chi connectivity index (χ4n) is 1.09. The number of nitriles is 1. The molecule has 0 aromatic heterocycles. The summed E-state index contributed by atoms with van der Waals surface area (Å²) in [6.45, 7) is 1.28. The third-order valence-corrected chi connectivity index (χ3v) is 1.79. The third-order valence-electron chi connectivity index (χ3n) is 1.79. The smallest absolute Gasteiger partial charge is 0.165 e. The molecule has 0 atom stereocenters. The van der Waals surface area contributed by atoms with Gasteiger partial charge in [0.05, 0.1) is 12.7 Å². The fraction of sp³-hybridized carbons (Fsp3) is 0.200. The first-order valence-electron chi connectivity index (χ1n) is 3.88. The van der Waals surface area contributed by atoms with Gasteiger partial charge in [-0.05, 0) is 13.0 Å². The Bertz CT molecular complexity index is 421. The summed E-state index contributed by atoms with van der Waals surface area (Å²) in [7, 11) is 1.30. The first-order chi connectivity index (χ1) is 6.60. The summed E-state index contributed by atoms with van der Waals surface area (Å²) in [6.07, 6.45) is 0. The second-order valence-electron chi connectivity index (χ2n) is 2.70. The molecule has 0 aliphatic rings. The molecule has 0 fully saturated rings. The van der Waals surface area contributed by atoms with Crippen molar-refractivity contribution in [2.75, 3.05) is 7.11 Å². The van der Waals surface area contributed by atoms with Crippen LogP contribution in [0.4, 0.5) is 4.39 Å². The van der Waals surface area contributed by atoms with E-state index in [1.807, 2.05) is 6.07 Å². The number of Topliss-reactive ketones (excluding diaryl/α,β-unsaturated/α-hetero) is 1. The Labute approximate surface area is 80.7 Å². The van der Waals surface area contributed by atoms with Gasteiger partial charge in [0.2, 0.25) is 0 Å². The Morgan fingerprint density at radius 1 is 1.57 bits per heavy atom. The van der Waals surface area contributed by atoms with Crippen molar-refractivity contribution >= 4 is 5.78 Å². The third kappa shape index (κ3) is 1.72. The average molecular weight is 193 g/mol. The van der Waals surface area contributed by atoms with Crippen molar-refractivity contribution < 1.29 is 13.9 Å². The normalized spacial score (nSPS) is 9.29. The summed E-state index contributed by atoms with van der Waals surface area (Å²) in [6, 6.07) is 4.04.